The molecule has 0 radical (unpaired) electrons. The van der Waals surface area contributed by atoms with E-state index in [-0.39, 0.29) is 5.57 Å². The van der Waals surface area contributed by atoms with Crippen LogP contribution < -0.4 is 0 Å². The summed E-state index contributed by atoms with van der Waals surface area (Å²) < 4.78 is 0. The molecule has 0 aromatic rings. The van der Waals surface area contributed by atoms with Crippen LogP contribution in [0, 0.1) is 0 Å². The zero-order valence-corrected chi connectivity index (χ0v) is 13.6. The van der Waals surface area contributed by atoms with Gasteiger partial charge in [0, 0.05) is 11.6 Å². The maximum absolute atomic E-state index is 10.6. The van der Waals surface area contributed by atoms with Gasteiger partial charge in [0.05, 0.1) is 0 Å². The summed E-state index contributed by atoms with van der Waals surface area (Å²) in [6, 6.07) is 0. The number of carboxylic acids is 2. The average Bonchev–Trinajstić information content (AvgIpc) is 2.47. The minimum Gasteiger partial charge on any atom is -0.478 e. The highest BCUT2D eigenvalue weighted by Gasteiger charge is 1.95. The van der Waals surface area contributed by atoms with E-state index in [1.54, 1.807) is 31.2 Å². The van der Waals surface area contributed by atoms with E-state index in [9.17, 15) is 9.59 Å². The van der Waals surface area contributed by atoms with Gasteiger partial charge in [-0.2, -0.15) is 0 Å². The lowest BCUT2D eigenvalue weighted by Crippen LogP contribution is -1.94. The lowest BCUT2D eigenvalue weighted by molar-refractivity contribution is -0.133. The molecule has 0 rings (SSSR count). The van der Waals surface area contributed by atoms with Crippen LogP contribution in [0.15, 0.2) is 83.6 Å². The molecule has 0 heterocycles. The fourth-order valence-corrected chi connectivity index (χ4v) is 1.29. The molecule has 0 aliphatic carbocycles. The number of hydrogen-bond acceptors (Lipinski definition) is 2. The van der Waals surface area contributed by atoms with Crippen LogP contribution >= 0.6 is 0 Å². The number of carbonyl (C=O) groups is 2. The maximum Gasteiger partial charge on any atom is 0.331 e. The molecule has 0 saturated heterocycles. The highest BCUT2D eigenvalue weighted by Crippen LogP contribution is 2.00. The van der Waals surface area contributed by atoms with Crippen molar-refractivity contribution in [2.75, 3.05) is 0 Å². The van der Waals surface area contributed by atoms with Gasteiger partial charge in [0.15, 0.2) is 0 Å². The van der Waals surface area contributed by atoms with E-state index in [1.165, 1.54) is 6.08 Å². The van der Waals surface area contributed by atoms with E-state index in [0.29, 0.717) is 0 Å². The van der Waals surface area contributed by atoms with E-state index < -0.39 is 11.9 Å². The number of carboxylic acid groups (broad SMARTS) is 2. The summed E-state index contributed by atoms with van der Waals surface area (Å²) >= 11 is 0. The van der Waals surface area contributed by atoms with Crippen LogP contribution in [0.2, 0.25) is 0 Å². The predicted octanol–water partition coefficient (Wildman–Crippen LogP) is 4.22. The molecule has 0 spiro atoms. The Morgan fingerprint density at radius 2 is 1.13 bits per heavy atom. The molecule has 0 aliphatic rings. The van der Waals surface area contributed by atoms with Gasteiger partial charge in [-0.05, 0) is 20.8 Å². The van der Waals surface area contributed by atoms with Crippen molar-refractivity contribution in [3.63, 3.8) is 0 Å². The van der Waals surface area contributed by atoms with Crippen LogP contribution in [-0.4, -0.2) is 22.2 Å². The lowest BCUT2D eigenvalue weighted by atomic mass is 10.2. The standard InChI is InChI=1S/C19H22O4/c1-15(11-6-7-14-18(20)21)9-4-5-10-16(2)12-8-13-17(3)19(22)23/h4-14H,1-3H3,(H,20,21)(H,22,23)/b5-4+,11-6+,12-8+,14-7+,15-9+,16-10+,17-13+. The van der Waals surface area contributed by atoms with Crippen molar-refractivity contribution >= 4 is 11.9 Å². The van der Waals surface area contributed by atoms with Crippen LogP contribution in [0.4, 0.5) is 0 Å². The fraction of sp³-hybridized carbons (Fsp3) is 0.158. The summed E-state index contributed by atoms with van der Waals surface area (Å²) in [6.07, 6.45) is 18.6. The molecule has 0 aliphatic heterocycles. The Bertz CT molecular complexity index is 624. The molecular formula is C19H22O4. The number of allylic oxidation sites excluding steroid dienone is 12. The largest absolute Gasteiger partial charge is 0.478 e. The molecule has 0 bridgehead atoms. The Balaban J connectivity index is 4.53. The second-order valence-corrected chi connectivity index (χ2v) is 4.78. The maximum atomic E-state index is 10.6. The van der Waals surface area contributed by atoms with Crippen molar-refractivity contribution in [2.45, 2.75) is 20.8 Å². The third kappa shape index (κ3) is 12.6. The van der Waals surface area contributed by atoms with Crippen molar-refractivity contribution in [3.8, 4) is 0 Å². The molecule has 0 unspecified atom stereocenters. The minimum atomic E-state index is -0.974. The second kappa shape index (κ2) is 11.7. The lowest BCUT2D eigenvalue weighted by Gasteiger charge is -1.90. The Hall–Kier alpha value is -2.88. The highest BCUT2D eigenvalue weighted by molar-refractivity contribution is 5.86. The van der Waals surface area contributed by atoms with Crippen molar-refractivity contribution < 1.29 is 19.8 Å². The molecule has 0 amide bonds. The van der Waals surface area contributed by atoms with Crippen LogP contribution in [-0.2, 0) is 9.59 Å². The summed E-state index contributed by atoms with van der Waals surface area (Å²) in [7, 11) is 0. The molecule has 0 fully saturated rings. The van der Waals surface area contributed by atoms with Gasteiger partial charge in [0.1, 0.15) is 0 Å². The number of rotatable bonds is 8. The quantitative estimate of drug-likeness (QED) is 0.519. The first kappa shape index (κ1) is 20.1. The van der Waals surface area contributed by atoms with Gasteiger partial charge in [-0.1, -0.05) is 71.9 Å². The molecule has 0 saturated carbocycles. The van der Waals surface area contributed by atoms with Gasteiger partial charge in [-0.15, -0.1) is 0 Å². The smallest absolute Gasteiger partial charge is 0.331 e. The van der Waals surface area contributed by atoms with E-state index in [4.69, 9.17) is 10.2 Å². The zero-order chi connectivity index (χ0) is 17.7. The minimum absolute atomic E-state index is 0.284. The fourth-order valence-electron chi connectivity index (χ4n) is 1.29. The summed E-state index contributed by atoms with van der Waals surface area (Å²) in [6.45, 7) is 5.36. The van der Waals surface area contributed by atoms with Crippen LogP contribution in [0.3, 0.4) is 0 Å². The van der Waals surface area contributed by atoms with Gasteiger partial charge in [0.25, 0.3) is 0 Å². The first-order chi connectivity index (χ1) is 10.8. The second-order valence-electron chi connectivity index (χ2n) is 4.78. The first-order valence-corrected chi connectivity index (χ1v) is 7.00. The van der Waals surface area contributed by atoms with Crippen molar-refractivity contribution in [2.24, 2.45) is 0 Å². The molecule has 122 valence electrons. The monoisotopic (exact) mass is 314 g/mol. The number of aliphatic carboxylic acids is 2. The molecule has 0 aromatic carbocycles. The van der Waals surface area contributed by atoms with E-state index >= 15 is 0 Å². The SMILES string of the molecule is CC(/C=C/C=C/C(=O)O)=C\C=C\C=C(C)\C=C\C=C(/C)C(=O)O. The van der Waals surface area contributed by atoms with Crippen LogP contribution in [0.25, 0.3) is 0 Å². The van der Waals surface area contributed by atoms with Crippen LogP contribution in [0.5, 0.6) is 0 Å². The average molecular weight is 314 g/mol. The molecular weight excluding hydrogens is 292 g/mol. The van der Waals surface area contributed by atoms with Gasteiger partial charge >= 0.3 is 11.9 Å². The Kier molecular flexibility index (Phi) is 10.3. The van der Waals surface area contributed by atoms with Crippen molar-refractivity contribution in [3.05, 3.63) is 83.6 Å². The zero-order valence-electron chi connectivity index (χ0n) is 13.6. The molecule has 23 heavy (non-hydrogen) atoms. The normalized spacial score (nSPS) is 14.7. The summed E-state index contributed by atoms with van der Waals surface area (Å²) in [4.78, 5) is 20.9. The number of hydrogen-bond donors (Lipinski definition) is 2. The first-order valence-electron chi connectivity index (χ1n) is 7.00. The molecule has 2 N–H and O–H groups in total. The van der Waals surface area contributed by atoms with Gasteiger partial charge < -0.3 is 10.2 Å². The Morgan fingerprint density at radius 1 is 0.652 bits per heavy atom. The predicted molar refractivity (Wildman–Crippen MR) is 93.1 cm³/mol. The highest BCUT2D eigenvalue weighted by atomic mass is 16.4. The van der Waals surface area contributed by atoms with E-state index in [0.717, 1.165) is 17.2 Å². The van der Waals surface area contributed by atoms with Crippen molar-refractivity contribution in [1.29, 1.82) is 0 Å². The Morgan fingerprint density at radius 3 is 1.61 bits per heavy atom. The summed E-state index contributed by atoms with van der Waals surface area (Å²) in [5.41, 5.74) is 2.26. The van der Waals surface area contributed by atoms with E-state index in [1.807, 2.05) is 44.2 Å². The van der Waals surface area contributed by atoms with Crippen LogP contribution in [0.1, 0.15) is 20.8 Å². The molecule has 4 nitrogen and oxygen atoms in total. The van der Waals surface area contributed by atoms with Gasteiger partial charge in [-0.25, -0.2) is 9.59 Å². The molecule has 4 heteroatoms. The molecule has 0 aromatic heterocycles. The Labute approximate surface area is 136 Å². The third-order valence-electron chi connectivity index (χ3n) is 2.58. The van der Waals surface area contributed by atoms with Gasteiger partial charge in [-0.3, -0.25) is 0 Å². The topological polar surface area (TPSA) is 74.6 Å². The summed E-state index contributed by atoms with van der Waals surface area (Å²) in [5, 5.41) is 17.1. The molecule has 0 atom stereocenters. The summed E-state index contributed by atoms with van der Waals surface area (Å²) in [5.74, 6) is -1.90. The van der Waals surface area contributed by atoms with E-state index in [2.05, 4.69) is 0 Å². The van der Waals surface area contributed by atoms with Gasteiger partial charge in [0.2, 0.25) is 0 Å². The third-order valence-corrected chi connectivity index (χ3v) is 2.58. The van der Waals surface area contributed by atoms with Crippen molar-refractivity contribution in [1.82, 2.24) is 0 Å².